The first-order valence-electron chi connectivity index (χ1n) is 15.7. The fraction of sp³-hybridized carbons (Fsp3) is 0.179. The van der Waals surface area contributed by atoms with Crippen molar-refractivity contribution in [3.05, 3.63) is 149 Å². The zero-order chi connectivity index (χ0) is 31.7. The first-order chi connectivity index (χ1) is 22.4. The molecule has 0 unspecified atom stereocenters. The van der Waals surface area contributed by atoms with E-state index >= 15 is 0 Å². The first kappa shape index (κ1) is 29.8. The van der Waals surface area contributed by atoms with Gasteiger partial charge in [-0.25, -0.2) is 4.68 Å². The largest absolute Gasteiger partial charge is 0.399 e. The van der Waals surface area contributed by atoms with E-state index in [4.69, 9.17) is 22.4 Å². The number of aromatic nitrogens is 2. The fourth-order valence-electron chi connectivity index (χ4n) is 6.79. The van der Waals surface area contributed by atoms with Crippen molar-refractivity contribution in [1.29, 1.82) is 0 Å². The molecular formula is C39H36ClN5O. The number of nitrogens with one attached hydrogen (secondary N) is 1. The highest BCUT2D eigenvalue weighted by atomic mass is 35.5. The van der Waals surface area contributed by atoms with Crippen LogP contribution in [0, 0.1) is 5.92 Å². The number of nitrogen functional groups attached to an aromatic ring is 1. The predicted octanol–water partition coefficient (Wildman–Crippen LogP) is 8.06. The molecular weight excluding hydrogens is 590 g/mol. The van der Waals surface area contributed by atoms with Crippen molar-refractivity contribution in [3.63, 3.8) is 0 Å². The topological polar surface area (TPSA) is 76.2 Å². The third-order valence-corrected chi connectivity index (χ3v) is 9.53. The summed E-state index contributed by atoms with van der Waals surface area (Å²) in [6, 6.07) is 43.0. The van der Waals surface area contributed by atoms with Gasteiger partial charge in [0.25, 0.3) is 0 Å². The fourth-order valence-corrected chi connectivity index (χ4v) is 7.02. The zero-order valence-corrected chi connectivity index (χ0v) is 26.5. The Morgan fingerprint density at radius 3 is 1.93 bits per heavy atom. The summed E-state index contributed by atoms with van der Waals surface area (Å²) in [5.41, 5.74) is 11.7. The number of benzene rings is 5. The Labute approximate surface area is 274 Å². The Balaban J connectivity index is 1.51. The molecule has 6 nitrogen and oxygen atoms in total. The summed E-state index contributed by atoms with van der Waals surface area (Å²) >= 11 is 6.69. The third-order valence-electron chi connectivity index (χ3n) is 9.20. The highest BCUT2D eigenvalue weighted by Gasteiger charge is 2.41. The van der Waals surface area contributed by atoms with Crippen LogP contribution < -0.4 is 11.1 Å². The van der Waals surface area contributed by atoms with Crippen molar-refractivity contribution < 1.29 is 4.79 Å². The molecule has 230 valence electrons. The minimum Gasteiger partial charge on any atom is -0.399 e. The summed E-state index contributed by atoms with van der Waals surface area (Å²) in [5.74, 6) is 0.440. The minimum atomic E-state index is -0.852. The molecule has 6 aromatic rings. The molecule has 1 aliphatic heterocycles. The molecule has 7 heteroatoms. The van der Waals surface area contributed by atoms with Gasteiger partial charge in [0, 0.05) is 27.6 Å². The number of fused-ring (bicyclic) bond motifs is 1. The lowest BCUT2D eigenvalue weighted by molar-refractivity contribution is -0.121. The molecule has 0 aliphatic carbocycles. The number of halogens is 1. The molecule has 1 amide bonds. The van der Waals surface area contributed by atoms with Gasteiger partial charge in [0.1, 0.15) is 5.54 Å². The Kier molecular flexibility index (Phi) is 8.07. The SMILES string of the molecule is CN1CCC(C(=O)Nc2nn(C(c3ccccc3)(c3ccccc3)c3ccccc3)c3ccc(-c4cc(N)ccc4Cl)cc23)CC1. The minimum absolute atomic E-state index is 0.00299. The third kappa shape index (κ3) is 5.34. The van der Waals surface area contributed by atoms with Crippen molar-refractivity contribution in [3.8, 4) is 11.1 Å². The van der Waals surface area contributed by atoms with E-state index in [2.05, 4.69) is 113 Å². The normalized spacial score (nSPS) is 14.4. The van der Waals surface area contributed by atoms with Crippen molar-refractivity contribution >= 4 is 39.9 Å². The van der Waals surface area contributed by atoms with Gasteiger partial charge in [-0.15, -0.1) is 0 Å². The summed E-state index contributed by atoms with van der Waals surface area (Å²) in [6.45, 7) is 1.79. The second kappa shape index (κ2) is 12.5. The quantitative estimate of drug-likeness (QED) is 0.139. The summed E-state index contributed by atoms with van der Waals surface area (Å²) < 4.78 is 2.08. The summed E-state index contributed by atoms with van der Waals surface area (Å²) in [5, 5.41) is 10.0. The lowest BCUT2D eigenvalue weighted by atomic mass is 9.77. The van der Waals surface area contributed by atoms with Crippen LogP contribution >= 0.6 is 11.6 Å². The predicted molar refractivity (Wildman–Crippen MR) is 188 cm³/mol. The van der Waals surface area contributed by atoms with Crippen LogP contribution in [0.4, 0.5) is 11.5 Å². The molecule has 0 saturated carbocycles. The lowest BCUT2D eigenvalue weighted by Gasteiger charge is -2.37. The number of carbonyl (C=O) groups excluding carboxylic acids is 1. The van der Waals surface area contributed by atoms with Crippen molar-refractivity contribution in [2.24, 2.45) is 5.92 Å². The van der Waals surface area contributed by atoms with Gasteiger partial charge in [-0.1, -0.05) is 109 Å². The number of piperidine rings is 1. The lowest BCUT2D eigenvalue weighted by Crippen LogP contribution is -2.39. The van der Waals surface area contributed by atoms with E-state index in [1.165, 1.54) is 0 Å². The van der Waals surface area contributed by atoms with E-state index in [-0.39, 0.29) is 11.8 Å². The Hall–Kier alpha value is -4.91. The van der Waals surface area contributed by atoms with Crippen LogP contribution in [-0.4, -0.2) is 40.7 Å². The van der Waals surface area contributed by atoms with Gasteiger partial charge in [0.15, 0.2) is 5.82 Å². The van der Waals surface area contributed by atoms with Gasteiger partial charge < -0.3 is 16.0 Å². The molecule has 1 fully saturated rings. The molecule has 3 N–H and O–H groups in total. The number of hydrogen-bond donors (Lipinski definition) is 2. The summed E-state index contributed by atoms with van der Waals surface area (Å²) in [7, 11) is 2.10. The summed E-state index contributed by atoms with van der Waals surface area (Å²) in [6.07, 6.45) is 1.63. The Morgan fingerprint density at radius 1 is 0.804 bits per heavy atom. The van der Waals surface area contributed by atoms with Crippen LogP contribution in [0.25, 0.3) is 22.0 Å². The molecule has 7 rings (SSSR count). The summed E-state index contributed by atoms with van der Waals surface area (Å²) in [4.78, 5) is 16.1. The second-order valence-electron chi connectivity index (χ2n) is 12.1. The maximum Gasteiger partial charge on any atom is 0.228 e. The number of nitrogens with two attached hydrogens (primary N) is 1. The average Bonchev–Trinajstić information content (AvgIpc) is 3.45. The van der Waals surface area contributed by atoms with Crippen LogP contribution in [0.2, 0.25) is 5.02 Å². The molecule has 1 saturated heterocycles. The van der Waals surface area contributed by atoms with Gasteiger partial charge >= 0.3 is 0 Å². The molecule has 46 heavy (non-hydrogen) atoms. The average molecular weight is 626 g/mol. The van der Waals surface area contributed by atoms with Crippen molar-refractivity contribution in [2.75, 3.05) is 31.2 Å². The van der Waals surface area contributed by atoms with E-state index in [1.54, 1.807) is 6.07 Å². The molecule has 0 spiro atoms. The van der Waals surface area contributed by atoms with E-state index in [0.29, 0.717) is 16.5 Å². The van der Waals surface area contributed by atoms with E-state index in [1.807, 2.05) is 30.3 Å². The van der Waals surface area contributed by atoms with Crippen LogP contribution in [0.1, 0.15) is 29.5 Å². The van der Waals surface area contributed by atoms with Gasteiger partial charge in [-0.2, -0.15) is 5.10 Å². The van der Waals surface area contributed by atoms with Gasteiger partial charge in [0.2, 0.25) is 5.91 Å². The standard InChI is InChI=1S/C39H36ClN5O/c1-44-23-21-27(22-24-44)38(46)42-37-34-25-28(33-26-32(41)18-19-35(33)40)17-20-36(34)45(43-37)39(29-11-5-2-6-12-29,30-13-7-3-8-14-30)31-15-9-4-10-16-31/h2-20,25-27H,21-24,41H2,1H3,(H,42,43,46). The monoisotopic (exact) mass is 625 g/mol. The number of hydrogen-bond acceptors (Lipinski definition) is 4. The van der Waals surface area contributed by atoms with Gasteiger partial charge in [0.05, 0.1) is 5.52 Å². The number of carbonyl (C=O) groups is 1. The Morgan fingerprint density at radius 2 is 1.37 bits per heavy atom. The molecule has 0 radical (unpaired) electrons. The molecule has 0 atom stereocenters. The molecule has 2 heterocycles. The van der Waals surface area contributed by atoms with Crippen molar-refractivity contribution in [1.82, 2.24) is 14.7 Å². The number of nitrogens with zero attached hydrogens (tertiary/aromatic N) is 3. The Bertz CT molecular complexity index is 1890. The van der Waals surface area contributed by atoms with Gasteiger partial charge in [-0.05, 0) is 85.6 Å². The van der Waals surface area contributed by atoms with E-state index in [0.717, 1.165) is 64.7 Å². The van der Waals surface area contributed by atoms with E-state index in [9.17, 15) is 4.79 Å². The number of rotatable bonds is 7. The maximum atomic E-state index is 13.8. The highest BCUT2D eigenvalue weighted by Crippen LogP contribution is 2.44. The molecule has 0 bridgehead atoms. The van der Waals surface area contributed by atoms with Crippen LogP contribution in [0.15, 0.2) is 127 Å². The maximum absolute atomic E-state index is 13.8. The van der Waals surface area contributed by atoms with Crippen LogP contribution in [0.5, 0.6) is 0 Å². The van der Waals surface area contributed by atoms with Gasteiger partial charge in [-0.3, -0.25) is 4.79 Å². The highest BCUT2D eigenvalue weighted by molar-refractivity contribution is 6.33. The second-order valence-corrected chi connectivity index (χ2v) is 12.5. The van der Waals surface area contributed by atoms with Crippen LogP contribution in [-0.2, 0) is 10.3 Å². The van der Waals surface area contributed by atoms with Crippen molar-refractivity contribution in [2.45, 2.75) is 18.4 Å². The molecule has 1 aromatic heterocycles. The molecule has 1 aliphatic rings. The van der Waals surface area contributed by atoms with E-state index < -0.39 is 5.54 Å². The smallest absolute Gasteiger partial charge is 0.228 e. The first-order valence-corrected chi connectivity index (χ1v) is 16.1. The zero-order valence-electron chi connectivity index (χ0n) is 25.7. The number of amides is 1. The van der Waals surface area contributed by atoms with Crippen LogP contribution in [0.3, 0.4) is 0 Å². The number of anilines is 2. The number of likely N-dealkylation sites (tertiary alicyclic amines) is 1. The molecule has 5 aromatic carbocycles.